The predicted molar refractivity (Wildman–Crippen MR) is 107 cm³/mol. The molecule has 2 aromatic carbocycles. The Bertz CT molecular complexity index is 1130. The summed E-state index contributed by atoms with van der Waals surface area (Å²) in [5.74, 6) is 0.576. The van der Waals surface area contributed by atoms with Gasteiger partial charge in [0, 0.05) is 17.3 Å². The summed E-state index contributed by atoms with van der Waals surface area (Å²) >= 11 is 0. The number of nitrogens with one attached hydrogen (secondary N) is 1. The highest BCUT2D eigenvalue weighted by atomic mass is 16.5. The predicted octanol–water partition coefficient (Wildman–Crippen LogP) is 3.45. The van der Waals surface area contributed by atoms with Gasteiger partial charge in [-0.05, 0) is 48.0 Å². The molecule has 4 aromatic rings. The van der Waals surface area contributed by atoms with Crippen molar-refractivity contribution in [3.05, 3.63) is 78.6 Å². The molecule has 0 fully saturated rings. The van der Waals surface area contributed by atoms with Crippen LogP contribution in [0.25, 0.3) is 23.0 Å². The molecule has 0 aliphatic heterocycles. The van der Waals surface area contributed by atoms with Gasteiger partial charge < -0.3 is 10.1 Å². The highest BCUT2D eigenvalue weighted by molar-refractivity contribution is 6.02. The molecule has 1 N–H and O–H groups in total. The molecule has 0 spiro atoms. The third kappa shape index (κ3) is 3.88. The average Bonchev–Trinajstić information content (AvgIpc) is 3.21. The summed E-state index contributed by atoms with van der Waals surface area (Å²) in [6.45, 7) is 0. The molecule has 0 radical (unpaired) electrons. The van der Waals surface area contributed by atoms with Gasteiger partial charge >= 0.3 is 0 Å². The molecule has 7 nitrogen and oxygen atoms in total. The molecular weight excluding hydrogens is 354 g/mol. The number of rotatable bonds is 5. The van der Waals surface area contributed by atoms with Gasteiger partial charge in [-0.15, -0.1) is 10.2 Å². The second-order valence-electron chi connectivity index (χ2n) is 6.03. The Balaban J connectivity index is 1.41. The number of nitrogens with zero attached hydrogens (tertiary/aromatic N) is 4. The highest BCUT2D eigenvalue weighted by Gasteiger charge is 2.04. The molecule has 2 aromatic heterocycles. The zero-order valence-corrected chi connectivity index (χ0v) is 15.1. The smallest absolute Gasteiger partial charge is 0.248 e. The van der Waals surface area contributed by atoms with Gasteiger partial charge in [-0.3, -0.25) is 4.79 Å². The summed E-state index contributed by atoms with van der Waals surface area (Å²) in [7, 11) is 1.62. The first-order valence-corrected chi connectivity index (χ1v) is 8.62. The number of methoxy groups -OCH3 is 1. The topological polar surface area (TPSA) is 81.4 Å². The summed E-state index contributed by atoms with van der Waals surface area (Å²) < 4.78 is 6.74. The van der Waals surface area contributed by atoms with E-state index in [-0.39, 0.29) is 5.91 Å². The van der Waals surface area contributed by atoms with Crippen LogP contribution in [0, 0.1) is 0 Å². The largest absolute Gasteiger partial charge is 0.497 e. The Kier molecular flexibility index (Phi) is 4.79. The van der Waals surface area contributed by atoms with Gasteiger partial charge in [0.25, 0.3) is 0 Å². The van der Waals surface area contributed by atoms with Crippen LogP contribution in [0.5, 0.6) is 5.75 Å². The van der Waals surface area contributed by atoms with E-state index in [0.717, 1.165) is 22.6 Å². The van der Waals surface area contributed by atoms with E-state index >= 15 is 0 Å². The van der Waals surface area contributed by atoms with Crippen LogP contribution in [-0.2, 0) is 4.79 Å². The Morgan fingerprint density at radius 3 is 2.57 bits per heavy atom. The minimum atomic E-state index is -0.201. The summed E-state index contributed by atoms with van der Waals surface area (Å²) in [6.07, 6.45) is 4.81. The van der Waals surface area contributed by atoms with Crippen molar-refractivity contribution < 1.29 is 9.53 Å². The van der Waals surface area contributed by atoms with Gasteiger partial charge in [0.05, 0.1) is 12.8 Å². The van der Waals surface area contributed by atoms with Crippen LogP contribution in [0.3, 0.4) is 0 Å². The number of carbonyl (C=O) groups is 1. The second-order valence-corrected chi connectivity index (χ2v) is 6.03. The quantitative estimate of drug-likeness (QED) is 0.544. The first kappa shape index (κ1) is 17.4. The van der Waals surface area contributed by atoms with Crippen molar-refractivity contribution in [3.8, 4) is 17.0 Å². The summed E-state index contributed by atoms with van der Waals surface area (Å²) in [4.78, 5) is 12.1. The zero-order valence-electron chi connectivity index (χ0n) is 15.1. The molecule has 28 heavy (non-hydrogen) atoms. The normalized spacial score (nSPS) is 11.0. The number of hydrogen-bond donors (Lipinski definition) is 1. The lowest BCUT2D eigenvalue weighted by atomic mass is 10.1. The van der Waals surface area contributed by atoms with Crippen LogP contribution in [0.2, 0.25) is 0 Å². The fourth-order valence-corrected chi connectivity index (χ4v) is 2.68. The van der Waals surface area contributed by atoms with Gasteiger partial charge in [0.2, 0.25) is 5.91 Å². The van der Waals surface area contributed by atoms with Gasteiger partial charge in [-0.2, -0.15) is 9.61 Å². The van der Waals surface area contributed by atoms with Crippen molar-refractivity contribution in [2.75, 3.05) is 12.4 Å². The fraction of sp³-hybridized carbons (Fsp3) is 0.0476. The van der Waals surface area contributed by atoms with Gasteiger partial charge in [-0.25, -0.2) is 0 Å². The van der Waals surface area contributed by atoms with Crippen LogP contribution in [0.15, 0.2) is 73.1 Å². The van der Waals surface area contributed by atoms with E-state index < -0.39 is 0 Å². The van der Waals surface area contributed by atoms with E-state index in [0.29, 0.717) is 11.3 Å². The number of anilines is 1. The molecule has 138 valence electrons. The van der Waals surface area contributed by atoms with Crippen LogP contribution in [0.1, 0.15) is 5.56 Å². The Morgan fingerprint density at radius 2 is 1.82 bits per heavy atom. The highest BCUT2D eigenvalue weighted by Crippen LogP contribution is 2.20. The number of hydrogen-bond acceptors (Lipinski definition) is 5. The van der Waals surface area contributed by atoms with E-state index in [1.54, 1.807) is 24.0 Å². The first-order chi connectivity index (χ1) is 13.7. The van der Waals surface area contributed by atoms with E-state index in [2.05, 4.69) is 20.6 Å². The molecule has 0 unspecified atom stereocenters. The lowest BCUT2D eigenvalue weighted by molar-refractivity contribution is -0.111. The van der Waals surface area contributed by atoms with E-state index in [1.165, 1.54) is 6.08 Å². The minimum Gasteiger partial charge on any atom is -0.497 e. The van der Waals surface area contributed by atoms with Crippen LogP contribution in [-0.4, -0.2) is 32.8 Å². The third-order valence-corrected chi connectivity index (χ3v) is 4.15. The van der Waals surface area contributed by atoms with Crippen LogP contribution < -0.4 is 10.1 Å². The molecule has 0 saturated heterocycles. The lowest BCUT2D eigenvalue weighted by Gasteiger charge is -2.05. The Hall–Kier alpha value is -4.00. The minimum absolute atomic E-state index is 0.201. The number of ether oxygens (including phenoxy) is 1. The Labute approximate surface area is 161 Å². The maximum atomic E-state index is 12.1. The van der Waals surface area contributed by atoms with Gasteiger partial charge in [-0.1, -0.05) is 24.3 Å². The second kappa shape index (κ2) is 7.71. The van der Waals surface area contributed by atoms with Crippen molar-refractivity contribution in [2.24, 2.45) is 0 Å². The molecular formula is C21H17N5O2. The van der Waals surface area contributed by atoms with E-state index in [9.17, 15) is 4.79 Å². The number of benzene rings is 2. The standard InChI is InChI=1S/C21H17N5O2/c1-28-18-9-2-15(3-10-18)4-13-21(27)23-17-7-5-16(6-8-17)19-11-12-20-24-22-14-26(20)25-19/h2-14H,1H3,(H,23,27)/b13-4+. The monoisotopic (exact) mass is 371 g/mol. The number of amides is 1. The molecule has 1 amide bonds. The lowest BCUT2D eigenvalue weighted by Crippen LogP contribution is -2.07. The zero-order chi connectivity index (χ0) is 19.3. The van der Waals surface area contributed by atoms with E-state index in [4.69, 9.17) is 4.74 Å². The van der Waals surface area contributed by atoms with E-state index in [1.807, 2.05) is 60.7 Å². The first-order valence-electron chi connectivity index (χ1n) is 8.62. The van der Waals surface area contributed by atoms with Crippen LogP contribution in [0.4, 0.5) is 5.69 Å². The van der Waals surface area contributed by atoms with Crippen molar-refractivity contribution in [1.29, 1.82) is 0 Å². The van der Waals surface area contributed by atoms with Gasteiger partial charge in [0.15, 0.2) is 5.65 Å². The van der Waals surface area contributed by atoms with Crippen molar-refractivity contribution in [2.45, 2.75) is 0 Å². The molecule has 0 aliphatic rings. The maximum absolute atomic E-state index is 12.1. The maximum Gasteiger partial charge on any atom is 0.248 e. The molecule has 4 rings (SSSR count). The van der Waals surface area contributed by atoms with Crippen LogP contribution >= 0.6 is 0 Å². The average molecular weight is 371 g/mol. The SMILES string of the molecule is COc1ccc(/C=C/C(=O)Nc2ccc(-c3ccc4nncn4n3)cc2)cc1. The molecule has 7 heteroatoms. The molecule has 0 aliphatic carbocycles. The molecule has 0 bridgehead atoms. The van der Waals surface area contributed by atoms with Crippen molar-refractivity contribution >= 4 is 23.3 Å². The number of carbonyl (C=O) groups excluding carboxylic acids is 1. The third-order valence-electron chi connectivity index (χ3n) is 4.15. The molecule has 2 heterocycles. The summed E-state index contributed by atoms with van der Waals surface area (Å²) in [6, 6.07) is 18.7. The summed E-state index contributed by atoms with van der Waals surface area (Å²) in [5.41, 5.74) is 4.04. The number of aromatic nitrogens is 4. The molecule has 0 saturated carbocycles. The fourth-order valence-electron chi connectivity index (χ4n) is 2.68. The number of fused-ring (bicyclic) bond motifs is 1. The van der Waals surface area contributed by atoms with Crippen molar-refractivity contribution in [3.63, 3.8) is 0 Å². The van der Waals surface area contributed by atoms with Gasteiger partial charge in [0.1, 0.15) is 12.1 Å². The Morgan fingerprint density at radius 1 is 1.04 bits per heavy atom. The molecule has 0 atom stereocenters. The summed E-state index contributed by atoms with van der Waals surface area (Å²) in [5, 5.41) is 15.1. The van der Waals surface area contributed by atoms with Crippen molar-refractivity contribution in [1.82, 2.24) is 19.8 Å².